The van der Waals surface area contributed by atoms with Crippen molar-refractivity contribution in [3.05, 3.63) is 48.0 Å². The van der Waals surface area contributed by atoms with Gasteiger partial charge >= 0.3 is 0 Å². The molecule has 2 fully saturated rings. The van der Waals surface area contributed by atoms with Crippen molar-refractivity contribution in [1.82, 2.24) is 24.6 Å². The fourth-order valence-electron chi connectivity index (χ4n) is 4.11. The molecule has 1 unspecified atom stereocenters. The summed E-state index contributed by atoms with van der Waals surface area (Å²) < 4.78 is 2.20. The molecule has 5 heteroatoms. The van der Waals surface area contributed by atoms with Crippen LogP contribution >= 0.6 is 0 Å². The van der Waals surface area contributed by atoms with E-state index >= 15 is 0 Å². The van der Waals surface area contributed by atoms with Crippen molar-refractivity contribution in [2.45, 2.75) is 51.2 Å². The van der Waals surface area contributed by atoms with Gasteiger partial charge in [0, 0.05) is 25.7 Å². The van der Waals surface area contributed by atoms with E-state index < -0.39 is 0 Å². The lowest BCUT2D eigenvalue weighted by Crippen LogP contribution is -2.42. The van der Waals surface area contributed by atoms with Crippen LogP contribution in [0.2, 0.25) is 0 Å². The smallest absolute Gasteiger partial charge is 0.150 e. The van der Waals surface area contributed by atoms with Crippen LogP contribution in [0.5, 0.6) is 0 Å². The molecular formula is C20H29N5. The van der Waals surface area contributed by atoms with Crippen LogP contribution in [0.15, 0.2) is 36.7 Å². The maximum atomic E-state index is 4.46. The highest BCUT2D eigenvalue weighted by molar-refractivity contribution is 5.15. The molecule has 5 nitrogen and oxygen atoms in total. The number of hydrogen-bond acceptors (Lipinski definition) is 4. The first kappa shape index (κ1) is 16.7. The first-order valence-corrected chi connectivity index (χ1v) is 9.71. The van der Waals surface area contributed by atoms with Crippen molar-refractivity contribution in [1.29, 1.82) is 0 Å². The van der Waals surface area contributed by atoms with E-state index in [2.05, 4.69) is 61.8 Å². The first-order valence-electron chi connectivity index (χ1n) is 9.71. The lowest BCUT2D eigenvalue weighted by atomic mass is 9.91. The highest BCUT2D eigenvalue weighted by atomic mass is 15.3. The molecule has 0 radical (unpaired) electrons. The quantitative estimate of drug-likeness (QED) is 0.839. The third kappa shape index (κ3) is 3.77. The molecule has 0 spiro atoms. The van der Waals surface area contributed by atoms with Gasteiger partial charge in [-0.25, -0.2) is 0 Å². The topological polar surface area (TPSA) is 37.2 Å². The first-order chi connectivity index (χ1) is 12.3. The Kier molecular flexibility index (Phi) is 5.13. The van der Waals surface area contributed by atoms with Gasteiger partial charge in [-0.15, -0.1) is 10.2 Å². The van der Waals surface area contributed by atoms with Gasteiger partial charge in [-0.2, -0.15) is 0 Å². The average molecular weight is 339 g/mol. The van der Waals surface area contributed by atoms with Crippen LogP contribution in [0, 0.1) is 0 Å². The molecule has 1 aliphatic heterocycles. The lowest BCUT2D eigenvalue weighted by molar-refractivity contribution is 0.126. The zero-order chi connectivity index (χ0) is 17.1. The van der Waals surface area contributed by atoms with E-state index in [-0.39, 0.29) is 0 Å². The molecule has 1 aromatic heterocycles. The van der Waals surface area contributed by atoms with Crippen LogP contribution in [-0.2, 0) is 6.54 Å². The summed E-state index contributed by atoms with van der Waals surface area (Å²) >= 11 is 0. The Labute approximate surface area is 150 Å². The van der Waals surface area contributed by atoms with Crippen LogP contribution in [0.25, 0.3) is 0 Å². The molecule has 2 aliphatic rings. The predicted molar refractivity (Wildman–Crippen MR) is 99.4 cm³/mol. The van der Waals surface area contributed by atoms with Crippen LogP contribution in [0.1, 0.15) is 50.0 Å². The van der Waals surface area contributed by atoms with E-state index in [0.29, 0.717) is 6.04 Å². The van der Waals surface area contributed by atoms with Crippen LogP contribution in [-0.4, -0.2) is 56.8 Å². The third-order valence-corrected chi connectivity index (χ3v) is 5.92. The number of benzene rings is 1. The molecule has 25 heavy (non-hydrogen) atoms. The molecular weight excluding hydrogens is 310 g/mol. The Bertz CT molecular complexity index is 664. The number of rotatable bonds is 5. The van der Waals surface area contributed by atoms with Crippen molar-refractivity contribution in [3.8, 4) is 0 Å². The molecule has 2 aromatic rings. The number of aromatic nitrogens is 3. The maximum absolute atomic E-state index is 4.46. The summed E-state index contributed by atoms with van der Waals surface area (Å²) in [6.45, 7) is 7.87. The summed E-state index contributed by atoms with van der Waals surface area (Å²) in [7, 11) is 0. The summed E-state index contributed by atoms with van der Waals surface area (Å²) in [5, 5.41) is 8.66. The predicted octanol–water partition coefficient (Wildman–Crippen LogP) is 2.95. The van der Waals surface area contributed by atoms with E-state index in [4.69, 9.17) is 0 Å². The number of hydrogen-bond donors (Lipinski definition) is 0. The van der Waals surface area contributed by atoms with Gasteiger partial charge in [0.1, 0.15) is 12.2 Å². The fourth-order valence-corrected chi connectivity index (χ4v) is 4.11. The molecule has 4 rings (SSSR count). The Morgan fingerprint density at radius 3 is 2.64 bits per heavy atom. The van der Waals surface area contributed by atoms with Gasteiger partial charge in [-0.3, -0.25) is 9.80 Å². The van der Waals surface area contributed by atoms with Gasteiger partial charge in [0.2, 0.25) is 0 Å². The molecule has 1 aliphatic carbocycles. The van der Waals surface area contributed by atoms with Crippen molar-refractivity contribution in [2.75, 3.05) is 26.2 Å². The minimum absolute atomic E-state index is 0.313. The van der Waals surface area contributed by atoms with Gasteiger partial charge in [-0.1, -0.05) is 36.8 Å². The molecule has 134 valence electrons. The molecule has 0 amide bonds. The van der Waals surface area contributed by atoms with E-state index in [9.17, 15) is 0 Å². The maximum Gasteiger partial charge on any atom is 0.150 e. The molecule has 1 saturated heterocycles. The second kappa shape index (κ2) is 7.67. The summed E-state index contributed by atoms with van der Waals surface area (Å²) in [6, 6.07) is 11.7. The summed E-state index contributed by atoms with van der Waals surface area (Å²) in [6.07, 6.45) is 7.36. The van der Waals surface area contributed by atoms with Crippen molar-refractivity contribution >= 4 is 0 Å². The fraction of sp³-hybridized carbons (Fsp3) is 0.600. The molecule has 2 heterocycles. The second-order valence-corrected chi connectivity index (χ2v) is 7.49. The zero-order valence-corrected chi connectivity index (χ0v) is 15.2. The van der Waals surface area contributed by atoms with Gasteiger partial charge in [0.05, 0.1) is 12.6 Å². The lowest BCUT2D eigenvalue weighted by Gasteiger charge is -2.37. The Hall–Kier alpha value is -1.72. The third-order valence-electron chi connectivity index (χ3n) is 5.92. The van der Waals surface area contributed by atoms with E-state index in [1.165, 1.54) is 44.3 Å². The van der Waals surface area contributed by atoms with Crippen LogP contribution in [0.4, 0.5) is 0 Å². The minimum atomic E-state index is 0.313. The van der Waals surface area contributed by atoms with Gasteiger partial charge in [-0.05, 0) is 38.3 Å². The van der Waals surface area contributed by atoms with E-state index in [0.717, 1.165) is 31.5 Å². The summed E-state index contributed by atoms with van der Waals surface area (Å²) in [5.41, 5.74) is 1.29. The SMILES string of the molecule is CC(c1nncn1Cc1ccccc1)N1CCCN(C2CCC2)CC1. The monoisotopic (exact) mass is 339 g/mol. The Morgan fingerprint density at radius 1 is 1.04 bits per heavy atom. The van der Waals surface area contributed by atoms with Gasteiger partial charge in [0.15, 0.2) is 0 Å². The Balaban J connectivity index is 1.42. The Morgan fingerprint density at radius 2 is 1.88 bits per heavy atom. The largest absolute Gasteiger partial charge is 0.312 e. The molecule has 1 saturated carbocycles. The van der Waals surface area contributed by atoms with Crippen LogP contribution in [0.3, 0.4) is 0 Å². The van der Waals surface area contributed by atoms with E-state index in [1.54, 1.807) is 0 Å². The summed E-state index contributed by atoms with van der Waals surface area (Å²) in [5.74, 6) is 1.08. The minimum Gasteiger partial charge on any atom is -0.312 e. The van der Waals surface area contributed by atoms with E-state index in [1.807, 2.05) is 6.33 Å². The average Bonchev–Trinajstić information content (AvgIpc) is 2.91. The van der Waals surface area contributed by atoms with Gasteiger partial charge < -0.3 is 4.57 Å². The standard InChI is InChI=1S/C20H29N5/c1-17(23-11-6-12-24(14-13-23)19-9-5-10-19)20-22-21-16-25(20)15-18-7-3-2-4-8-18/h2-4,7-8,16-17,19H,5-6,9-15H2,1H3. The van der Waals surface area contributed by atoms with Crippen molar-refractivity contribution in [2.24, 2.45) is 0 Å². The van der Waals surface area contributed by atoms with Gasteiger partial charge in [0.25, 0.3) is 0 Å². The zero-order valence-electron chi connectivity index (χ0n) is 15.2. The van der Waals surface area contributed by atoms with Crippen molar-refractivity contribution in [3.63, 3.8) is 0 Å². The van der Waals surface area contributed by atoms with Crippen LogP contribution < -0.4 is 0 Å². The highest BCUT2D eigenvalue weighted by Crippen LogP contribution is 2.27. The molecule has 1 aromatic carbocycles. The summed E-state index contributed by atoms with van der Waals surface area (Å²) in [4.78, 5) is 5.30. The second-order valence-electron chi connectivity index (χ2n) is 7.49. The highest BCUT2D eigenvalue weighted by Gasteiger charge is 2.29. The molecule has 0 bridgehead atoms. The molecule has 1 atom stereocenters. The normalized spacial score (nSPS) is 21.6. The van der Waals surface area contributed by atoms with Crippen molar-refractivity contribution < 1.29 is 0 Å². The molecule has 0 N–H and O–H groups in total. The number of nitrogens with zero attached hydrogens (tertiary/aromatic N) is 5.